The second-order valence-corrected chi connectivity index (χ2v) is 8.41. The maximum atomic E-state index is 4.83. The second kappa shape index (κ2) is 8.28. The zero-order valence-corrected chi connectivity index (χ0v) is 14.8. The molecule has 2 rings (SSSR count). The Kier molecular flexibility index (Phi) is 6.68. The third-order valence-electron chi connectivity index (χ3n) is 4.61. The maximum absolute atomic E-state index is 4.83. The van der Waals surface area contributed by atoms with Gasteiger partial charge in [-0.2, -0.15) is 11.8 Å². The zero-order chi connectivity index (χ0) is 15.1. The van der Waals surface area contributed by atoms with E-state index in [1.165, 1.54) is 44.5 Å². The highest BCUT2D eigenvalue weighted by Crippen LogP contribution is 2.37. The van der Waals surface area contributed by atoms with Crippen molar-refractivity contribution in [3.05, 3.63) is 0 Å². The normalized spacial score (nSPS) is 28.8. The molecule has 5 heteroatoms. The van der Waals surface area contributed by atoms with Gasteiger partial charge in [0.2, 0.25) is 0 Å². The summed E-state index contributed by atoms with van der Waals surface area (Å²) in [6, 6.07) is 0. The predicted molar refractivity (Wildman–Crippen MR) is 94.3 cm³/mol. The topological polar surface area (TPSA) is 39.7 Å². The van der Waals surface area contributed by atoms with Gasteiger partial charge in [0.05, 0.1) is 6.54 Å². The molecule has 0 aromatic heterocycles. The minimum Gasteiger partial charge on any atom is -0.357 e. The van der Waals surface area contributed by atoms with Crippen LogP contribution in [0.2, 0.25) is 0 Å². The summed E-state index contributed by atoms with van der Waals surface area (Å²) in [5, 5.41) is 6.95. The molecule has 2 saturated heterocycles. The zero-order valence-electron chi connectivity index (χ0n) is 14.0. The Morgan fingerprint density at radius 1 is 1.33 bits per heavy atom. The molecule has 122 valence electrons. The van der Waals surface area contributed by atoms with Gasteiger partial charge in [0, 0.05) is 17.8 Å². The third kappa shape index (κ3) is 5.70. The van der Waals surface area contributed by atoms with Crippen LogP contribution >= 0.6 is 11.8 Å². The van der Waals surface area contributed by atoms with Gasteiger partial charge in [-0.15, -0.1) is 0 Å². The van der Waals surface area contributed by atoms with Crippen LogP contribution in [-0.4, -0.2) is 61.1 Å². The van der Waals surface area contributed by atoms with E-state index in [1.54, 1.807) is 0 Å². The first-order chi connectivity index (χ1) is 10.1. The molecule has 21 heavy (non-hydrogen) atoms. The lowest BCUT2D eigenvalue weighted by atomic mass is 9.97. The highest BCUT2D eigenvalue weighted by Gasteiger charge is 2.29. The number of piperidine rings is 1. The van der Waals surface area contributed by atoms with Gasteiger partial charge >= 0.3 is 0 Å². The second-order valence-electron chi connectivity index (χ2n) is 6.72. The molecule has 2 aliphatic rings. The van der Waals surface area contributed by atoms with E-state index in [-0.39, 0.29) is 0 Å². The SMILES string of the molecule is CCNC(=NCC1(C)CCCS1)NCC1CCN(C)CC1. The Morgan fingerprint density at radius 2 is 2.10 bits per heavy atom. The number of likely N-dealkylation sites (tertiary alicyclic amines) is 1. The number of hydrogen-bond donors (Lipinski definition) is 2. The highest BCUT2D eigenvalue weighted by atomic mass is 32.2. The molecule has 4 nitrogen and oxygen atoms in total. The van der Waals surface area contributed by atoms with Crippen LogP contribution in [0, 0.1) is 5.92 Å². The lowest BCUT2D eigenvalue weighted by molar-refractivity contribution is 0.220. The van der Waals surface area contributed by atoms with E-state index in [9.17, 15) is 0 Å². The van der Waals surface area contributed by atoms with E-state index < -0.39 is 0 Å². The molecule has 1 unspecified atom stereocenters. The van der Waals surface area contributed by atoms with Gasteiger partial charge in [0.25, 0.3) is 0 Å². The number of nitrogens with zero attached hydrogens (tertiary/aromatic N) is 2. The summed E-state index contributed by atoms with van der Waals surface area (Å²) < 4.78 is 0.357. The minimum absolute atomic E-state index is 0.357. The van der Waals surface area contributed by atoms with Gasteiger partial charge in [-0.05, 0) is 71.3 Å². The first-order valence-electron chi connectivity index (χ1n) is 8.46. The number of rotatable bonds is 5. The first kappa shape index (κ1) is 16.9. The molecule has 0 bridgehead atoms. The fraction of sp³-hybridized carbons (Fsp3) is 0.938. The molecular weight excluding hydrogens is 280 g/mol. The molecule has 2 fully saturated rings. The molecular formula is C16H32N4S. The van der Waals surface area contributed by atoms with E-state index >= 15 is 0 Å². The molecule has 0 aromatic rings. The summed E-state index contributed by atoms with van der Waals surface area (Å²) in [5.41, 5.74) is 0. The van der Waals surface area contributed by atoms with Crippen molar-refractivity contribution in [1.29, 1.82) is 0 Å². The van der Waals surface area contributed by atoms with Crippen molar-refractivity contribution in [2.24, 2.45) is 10.9 Å². The van der Waals surface area contributed by atoms with Crippen molar-refractivity contribution in [2.45, 2.75) is 44.3 Å². The largest absolute Gasteiger partial charge is 0.357 e. The molecule has 0 saturated carbocycles. The summed E-state index contributed by atoms with van der Waals surface area (Å²) in [6.45, 7) is 9.88. The Morgan fingerprint density at radius 3 is 2.71 bits per heavy atom. The van der Waals surface area contributed by atoms with E-state index in [2.05, 4.69) is 48.2 Å². The van der Waals surface area contributed by atoms with Crippen LogP contribution in [0.1, 0.15) is 39.5 Å². The molecule has 0 aromatic carbocycles. The molecule has 1 atom stereocenters. The Balaban J connectivity index is 1.78. The number of hydrogen-bond acceptors (Lipinski definition) is 3. The molecule has 0 spiro atoms. The van der Waals surface area contributed by atoms with Crippen LogP contribution in [0.25, 0.3) is 0 Å². The molecule has 2 heterocycles. The highest BCUT2D eigenvalue weighted by molar-refractivity contribution is 8.00. The monoisotopic (exact) mass is 312 g/mol. The van der Waals surface area contributed by atoms with Gasteiger partial charge in [0.15, 0.2) is 5.96 Å². The molecule has 0 amide bonds. The lowest BCUT2D eigenvalue weighted by Gasteiger charge is -2.29. The number of guanidine groups is 1. The van der Waals surface area contributed by atoms with E-state index in [4.69, 9.17) is 4.99 Å². The van der Waals surface area contributed by atoms with Gasteiger partial charge in [0.1, 0.15) is 0 Å². The fourth-order valence-corrected chi connectivity index (χ4v) is 4.28. The summed E-state index contributed by atoms with van der Waals surface area (Å²) in [5.74, 6) is 3.10. The lowest BCUT2D eigenvalue weighted by Crippen LogP contribution is -2.42. The van der Waals surface area contributed by atoms with Crippen LogP contribution in [0.4, 0.5) is 0 Å². The van der Waals surface area contributed by atoms with Gasteiger partial charge < -0.3 is 15.5 Å². The molecule has 2 N–H and O–H groups in total. The van der Waals surface area contributed by atoms with Crippen LogP contribution in [0.3, 0.4) is 0 Å². The van der Waals surface area contributed by atoms with Crippen molar-refractivity contribution in [1.82, 2.24) is 15.5 Å². The number of nitrogens with one attached hydrogen (secondary N) is 2. The fourth-order valence-electron chi connectivity index (χ4n) is 3.06. The summed E-state index contributed by atoms with van der Waals surface area (Å²) in [6.07, 6.45) is 5.25. The average Bonchev–Trinajstić information content (AvgIpc) is 2.91. The number of thioether (sulfide) groups is 1. The van der Waals surface area contributed by atoms with Crippen molar-refractivity contribution in [3.63, 3.8) is 0 Å². The van der Waals surface area contributed by atoms with Crippen molar-refractivity contribution in [3.8, 4) is 0 Å². The van der Waals surface area contributed by atoms with Gasteiger partial charge in [-0.25, -0.2) is 0 Å². The smallest absolute Gasteiger partial charge is 0.191 e. The molecule has 0 radical (unpaired) electrons. The third-order valence-corrected chi connectivity index (χ3v) is 6.14. The Hall–Kier alpha value is -0.420. The van der Waals surface area contributed by atoms with Crippen LogP contribution in [-0.2, 0) is 0 Å². The maximum Gasteiger partial charge on any atom is 0.191 e. The summed E-state index contributed by atoms with van der Waals surface area (Å²) >= 11 is 2.08. The van der Waals surface area contributed by atoms with E-state index in [0.29, 0.717) is 4.75 Å². The summed E-state index contributed by atoms with van der Waals surface area (Å²) in [7, 11) is 2.22. The van der Waals surface area contributed by atoms with Crippen molar-refractivity contribution >= 4 is 17.7 Å². The van der Waals surface area contributed by atoms with Crippen LogP contribution in [0.15, 0.2) is 4.99 Å². The molecule has 0 aliphatic carbocycles. The van der Waals surface area contributed by atoms with Crippen LogP contribution < -0.4 is 10.6 Å². The first-order valence-corrected chi connectivity index (χ1v) is 9.44. The van der Waals surface area contributed by atoms with Crippen molar-refractivity contribution in [2.75, 3.05) is 45.5 Å². The predicted octanol–water partition coefficient (Wildman–Crippen LogP) is 2.17. The summed E-state index contributed by atoms with van der Waals surface area (Å²) in [4.78, 5) is 7.25. The van der Waals surface area contributed by atoms with Gasteiger partial charge in [-0.3, -0.25) is 4.99 Å². The van der Waals surface area contributed by atoms with Gasteiger partial charge in [-0.1, -0.05) is 0 Å². The Bertz CT molecular complexity index is 331. The van der Waals surface area contributed by atoms with E-state index in [1.807, 2.05) is 0 Å². The Labute approximate surface area is 134 Å². The van der Waals surface area contributed by atoms with Crippen LogP contribution in [0.5, 0.6) is 0 Å². The number of aliphatic imine (C=N–C) groups is 1. The standard InChI is InChI=1S/C16H32N4S/c1-4-17-15(19-13-16(2)8-5-11-21-16)18-12-14-6-9-20(3)10-7-14/h14H,4-13H2,1-3H3,(H2,17,18,19). The average molecular weight is 313 g/mol. The van der Waals surface area contributed by atoms with E-state index in [0.717, 1.165) is 31.5 Å². The minimum atomic E-state index is 0.357. The van der Waals surface area contributed by atoms with Crippen molar-refractivity contribution < 1.29 is 0 Å². The molecule has 2 aliphatic heterocycles. The quantitative estimate of drug-likeness (QED) is 0.603.